The number of thiophene rings is 1. The Labute approximate surface area is 154 Å². The molecule has 0 saturated heterocycles. The van der Waals surface area contributed by atoms with Crippen LogP contribution in [0.5, 0.6) is 0 Å². The number of aromatic nitrogens is 2. The van der Waals surface area contributed by atoms with Crippen molar-refractivity contribution >= 4 is 34.9 Å². The lowest BCUT2D eigenvalue weighted by molar-refractivity contribution is -0.138. The zero-order chi connectivity index (χ0) is 18.9. The van der Waals surface area contributed by atoms with Gasteiger partial charge in [-0.1, -0.05) is 6.07 Å². The fraction of sp³-hybridized carbons (Fsp3) is 0.312. The number of amides is 2. The molecule has 0 bridgehead atoms. The molecule has 9 nitrogen and oxygen atoms in total. The van der Waals surface area contributed by atoms with E-state index in [4.69, 9.17) is 10.5 Å². The fourth-order valence-electron chi connectivity index (χ4n) is 2.00. The van der Waals surface area contributed by atoms with Gasteiger partial charge in [0.25, 0.3) is 5.91 Å². The quantitative estimate of drug-likeness (QED) is 0.639. The molecule has 0 fully saturated rings. The molecular formula is C16H19N5O4S. The van der Waals surface area contributed by atoms with E-state index >= 15 is 0 Å². The summed E-state index contributed by atoms with van der Waals surface area (Å²) in [5.41, 5.74) is 5.38. The van der Waals surface area contributed by atoms with Crippen LogP contribution in [0.4, 0.5) is 5.82 Å². The maximum atomic E-state index is 12.2. The molecule has 2 aromatic rings. The number of rotatable bonds is 8. The molecule has 26 heavy (non-hydrogen) atoms. The van der Waals surface area contributed by atoms with E-state index in [1.807, 2.05) is 17.5 Å². The first kappa shape index (κ1) is 19.3. The molecule has 2 amide bonds. The third kappa shape index (κ3) is 5.52. The third-order valence-corrected chi connectivity index (χ3v) is 4.23. The van der Waals surface area contributed by atoms with Crippen molar-refractivity contribution < 1.29 is 19.1 Å². The van der Waals surface area contributed by atoms with Crippen molar-refractivity contribution in [3.05, 3.63) is 40.5 Å². The molecule has 3 N–H and O–H groups in total. The first-order chi connectivity index (χ1) is 12.5. The summed E-state index contributed by atoms with van der Waals surface area (Å²) >= 11 is 1.53. The standard InChI is InChI=1S/C16H19N5O4S/c1-2-21(9-12(22)20-8-11-4-3-7-26-11)13(23)10-25-16(24)14-15(17)19-6-5-18-14/h3-7H,2,8-10H2,1H3,(H2,17,19)(H,20,22). The second kappa shape index (κ2) is 9.47. The monoisotopic (exact) mass is 377 g/mol. The number of nitrogens with one attached hydrogen (secondary N) is 1. The predicted octanol–water partition coefficient (Wildman–Crippen LogP) is 0.442. The number of hydrogen-bond donors (Lipinski definition) is 2. The second-order valence-corrected chi connectivity index (χ2v) is 6.16. The van der Waals surface area contributed by atoms with Gasteiger partial charge in [0.15, 0.2) is 18.1 Å². The number of anilines is 1. The summed E-state index contributed by atoms with van der Waals surface area (Å²) in [5, 5.41) is 4.66. The molecule has 2 rings (SSSR count). The summed E-state index contributed by atoms with van der Waals surface area (Å²) in [6, 6.07) is 3.80. The van der Waals surface area contributed by atoms with Gasteiger partial charge in [-0.15, -0.1) is 11.3 Å². The van der Waals surface area contributed by atoms with Crippen LogP contribution >= 0.6 is 11.3 Å². The van der Waals surface area contributed by atoms with E-state index in [-0.39, 0.29) is 24.0 Å². The molecule has 10 heteroatoms. The van der Waals surface area contributed by atoms with E-state index in [0.717, 1.165) is 4.88 Å². The highest BCUT2D eigenvalue weighted by atomic mass is 32.1. The molecular weight excluding hydrogens is 358 g/mol. The number of likely N-dealkylation sites (N-methyl/N-ethyl adjacent to an activating group) is 1. The van der Waals surface area contributed by atoms with Gasteiger partial charge in [0, 0.05) is 23.8 Å². The molecule has 2 heterocycles. The molecule has 0 spiro atoms. The van der Waals surface area contributed by atoms with Gasteiger partial charge in [0.1, 0.15) is 0 Å². The van der Waals surface area contributed by atoms with Crippen molar-refractivity contribution in [2.45, 2.75) is 13.5 Å². The van der Waals surface area contributed by atoms with Crippen LogP contribution in [0.15, 0.2) is 29.9 Å². The van der Waals surface area contributed by atoms with Crippen molar-refractivity contribution in [1.82, 2.24) is 20.2 Å². The number of esters is 1. The predicted molar refractivity (Wildman–Crippen MR) is 95.1 cm³/mol. The number of hydrogen-bond acceptors (Lipinski definition) is 8. The lowest BCUT2D eigenvalue weighted by Gasteiger charge is -2.20. The average Bonchev–Trinajstić information content (AvgIpc) is 3.16. The summed E-state index contributed by atoms with van der Waals surface area (Å²) in [6.45, 7) is 1.80. The molecule has 0 atom stereocenters. The van der Waals surface area contributed by atoms with Gasteiger partial charge in [-0.25, -0.2) is 14.8 Å². The van der Waals surface area contributed by atoms with Crippen molar-refractivity contribution in [2.75, 3.05) is 25.4 Å². The molecule has 0 aromatic carbocycles. The normalized spacial score (nSPS) is 10.2. The van der Waals surface area contributed by atoms with Crippen molar-refractivity contribution in [3.63, 3.8) is 0 Å². The van der Waals surface area contributed by atoms with Crippen molar-refractivity contribution in [1.29, 1.82) is 0 Å². The first-order valence-corrected chi connectivity index (χ1v) is 8.69. The molecule has 0 aliphatic rings. The highest BCUT2D eigenvalue weighted by Crippen LogP contribution is 2.07. The Morgan fingerprint density at radius 2 is 2.08 bits per heavy atom. The van der Waals surface area contributed by atoms with Gasteiger partial charge in [0.2, 0.25) is 5.91 Å². The summed E-state index contributed by atoms with van der Waals surface area (Å²) < 4.78 is 4.91. The summed E-state index contributed by atoms with van der Waals surface area (Å²) in [4.78, 5) is 45.8. The SMILES string of the molecule is CCN(CC(=O)NCc1cccs1)C(=O)COC(=O)c1nccnc1N. The zero-order valence-corrected chi connectivity index (χ0v) is 15.0. The number of ether oxygens (including phenoxy) is 1. The van der Waals surface area contributed by atoms with Crippen molar-refractivity contribution in [3.8, 4) is 0 Å². The van der Waals surface area contributed by atoms with Crippen LogP contribution in [-0.4, -0.2) is 52.3 Å². The van der Waals surface area contributed by atoms with Crippen LogP contribution in [0, 0.1) is 0 Å². The average molecular weight is 377 g/mol. The number of nitrogens with zero attached hydrogens (tertiary/aromatic N) is 3. The highest BCUT2D eigenvalue weighted by molar-refractivity contribution is 7.09. The number of nitrogen functional groups attached to an aromatic ring is 1. The van der Waals surface area contributed by atoms with Gasteiger partial charge in [-0.3, -0.25) is 9.59 Å². The maximum Gasteiger partial charge on any atom is 0.361 e. The van der Waals surface area contributed by atoms with Crippen LogP contribution in [0.25, 0.3) is 0 Å². The summed E-state index contributed by atoms with van der Waals surface area (Å²) in [6.07, 6.45) is 2.63. The maximum absolute atomic E-state index is 12.2. The lowest BCUT2D eigenvalue weighted by Crippen LogP contribution is -2.42. The molecule has 2 aromatic heterocycles. The lowest BCUT2D eigenvalue weighted by atomic mass is 10.4. The second-order valence-electron chi connectivity index (χ2n) is 5.13. The molecule has 138 valence electrons. The fourth-order valence-corrected chi connectivity index (χ4v) is 2.64. The Hall–Kier alpha value is -3.01. The van der Waals surface area contributed by atoms with E-state index in [1.165, 1.54) is 28.6 Å². The Balaban J connectivity index is 1.81. The van der Waals surface area contributed by atoms with E-state index in [0.29, 0.717) is 13.1 Å². The van der Waals surface area contributed by atoms with E-state index in [1.54, 1.807) is 6.92 Å². The minimum Gasteiger partial charge on any atom is -0.451 e. The minimum absolute atomic E-state index is 0.0785. The molecule has 0 unspecified atom stereocenters. The third-order valence-electron chi connectivity index (χ3n) is 3.36. The smallest absolute Gasteiger partial charge is 0.361 e. The molecule has 0 aliphatic heterocycles. The Bertz CT molecular complexity index is 766. The van der Waals surface area contributed by atoms with Gasteiger partial charge in [-0.2, -0.15) is 0 Å². The molecule has 0 saturated carbocycles. The van der Waals surface area contributed by atoms with E-state index in [9.17, 15) is 14.4 Å². The first-order valence-electron chi connectivity index (χ1n) is 7.81. The summed E-state index contributed by atoms with van der Waals surface area (Å²) in [5.74, 6) is -1.71. The van der Waals surface area contributed by atoms with Crippen LogP contribution < -0.4 is 11.1 Å². The molecule has 0 aliphatic carbocycles. The topological polar surface area (TPSA) is 128 Å². The highest BCUT2D eigenvalue weighted by Gasteiger charge is 2.19. The minimum atomic E-state index is -0.845. The van der Waals surface area contributed by atoms with Crippen molar-refractivity contribution in [2.24, 2.45) is 0 Å². The van der Waals surface area contributed by atoms with E-state index in [2.05, 4.69) is 15.3 Å². The van der Waals surface area contributed by atoms with E-state index < -0.39 is 18.5 Å². The Kier molecular flexibility index (Phi) is 7.03. The van der Waals surface area contributed by atoms with Gasteiger partial charge < -0.3 is 20.7 Å². The van der Waals surface area contributed by atoms with Crippen LogP contribution in [0.2, 0.25) is 0 Å². The largest absolute Gasteiger partial charge is 0.451 e. The zero-order valence-electron chi connectivity index (χ0n) is 14.2. The summed E-state index contributed by atoms with van der Waals surface area (Å²) in [7, 11) is 0. The molecule has 0 radical (unpaired) electrons. The Morgan fingerprint density at radius 1 is 1.31 bits per heavy atom. The number of carbonyl (C=O) groups is 3. The van der Waals surface area contributed by atoms with Crippen LogP contribution in [0.3, 0.4) is 0 Å². The van der Waals surface area contributed by atoms with Crippen LogP contribution in [-0.2, 0) is 20.9 Å². The Morgan fingerprint density at radius 3 is 2.73 bits per heavy atom. The number of carbonyl (C=O) groups excluding carboxylic acids is 3. The number of nitrogens with two attached hydrogens (primary N) is 1. The van der Waals surface area contributed by atoms with Gasteiger partial charge >= 0.3 is 5.97 Å². The van der Waals surface area contributed by atoms with Crippen LogP contribution in [0.1, 0.15) is 22.3 Å². The van der Waals surface area contributed by atoms with Gasteiger partial charge in [0.05, 0.1) is 13.1 Å². The van der Waals surface area contributed by atoms with Gasteiger partial charge in [-0.05, 0) is 18.4 Å².